The van der Waals surface area contributed by atoms with Crippen LogP contribution >= 0.6 is 11.6 Å². The van der Waals surface area contributed by atoms with Crippen molar-refractivity contribution in [1.82, 2.24) is 4.72 Å². The summed E-state index contributed by atoms with van der Waals surface area (Å²) in [4.78, 5) is -0.164. The Morgan fingerprint density at radius 1 is 1.23 bits per heavy atom. The lowest BCUT2D eigenvalue weighted by molar-refractivity contribution is 0.225. The van der Waals surface area contributed by atoms with Crippen LogP contribution in [0.2, 0.25) is 5.02 Å². The predicted molar refractivity (Wildman–Crippen MR) is 83.1 cm³/mol. The lowest BCUT2D eigenvalue weighted by atomic mass is 10.3. The fraction of sp³-hybridized carbons (Fsp3) is 0.200. The van der Waals surface area contributed by atoms with Crippen LogP contribution in [0.25, 0.3) is 0 Å². The van der Waals surface area contributed by atoms with Crippen LogP contribution in [-0.4, -0.2) is 21.1 Å². The van der Waals surface area contributed by atoms with E-state index in [0.29, 0.717) is 5.75 Å². The van der Waals surface area contributed by atoms with Gasteiger partial charge in [0.1, 0.15) is 22.6 Å². The van der Waals surface area contributed by atoms with Crippen LogP contribution in [0.5, 0.6) is 5.75 Å². The fourth-order valence-electron chi connectivity index (χ4n) is 1.77. The third-order valence-corrected chi connectivity index (χ3v) is 4.73. The Labute approximate surface area is 133 Å². The quantitative estimate of drug-likeness (QED) is 0.876. The Balaban J connectivity index is 2.00. The van der Waals surface area contributed by atoms with E-state index >= 15 is 0 Å². The number of sulfonamides is 1. The first-order chi connectivity index (χ1) is 10.4. The Morgan fingerprint density at radius 2 is 1.91 bits per heavy atom. The first-order valence-electron chi connectivity index (χ1n) is 6.55. The van der Waals surface area contributed by atoms with Gasteiger partial charge in [0.25, 0.3) is 0 Å². The van der Waals surface area contributed by atoms with E-state index in [9.17, 15) is 12.8 Å². The SMILES string of the molecule is CC(CNS(=O)(=O)c1ccc(F)cc1Cl)Oc1ccccc1. The van der Waals surface area contributed by atoms with Crippen LogP contribution in [-0.2, 0) is 10.0 Å². The molecule has 0 aliphatic rings. The van der Waals surface area contributed by atoms with Gasteiger partial charge in [0, 0.05) is 6.54 Å². The number of ether oxygens (including phenoxy) is 1. The molecular formula is C15H15ClFNO3S. The summed E-state index contributed by atoms with van der Waals surface area (Å²) in [7, 11) is -3.82. The molecule has 0 saturated carbocycles. The maximum Gasteiger partial charge on any atom is 0.242 e. The monoisotopic (exact) mass is 343 g/mol. The molecule has 22 heavy (non-hydrogen) atoms. The zero-order valence-electron chi connectivity index (χ0n) is 11.8. The van der Waals surface area contributed by atoms with E-state index < -0.39 is 15.8 Å². The van der Waals surface area contributed by atoms with E-state index in [1.807, 2.05) is 18.2 Å². The Bertz CT molecular complexity index is 738. The maximum absolute atomic E-state index is 13.0. The molecule has 118 valence electrons. The van der Waals surface area contributed by atoms with Gasteiger partial charge < -0.3 is 4.74 Å². The summed E-state index contributed by atoms with van der Waals surface area (Å²) in [6, 6.07) is 12.2. The largest absolute Gasteiger partial charge is 0.489 e. The first-order valence-corrected chi connectivity index (χ1v) is 8.41. The maximum atomic E-state index is 13.0. The molecule has 0 bridgehead atoms. The van der Waals surface area contributed by atoms with Crippen molar-refractivity contribution in [1.29, 1.82) is 0 Å². The van der Waals surface area contributed by atoms with Crippen LogP contribution in [0.4, 0.5) is 4.39 Å². The summed E-state index contributed by atoms with van der Waals surface area (Å²) in [6.07, 6.45) is -0.378. The van der Waals surface area contributed by atoms with Gasteiger partial charge in [-0.05, 0) is 37.3 Å². The van der Waals surface area contributed by atoms with E-state index in [1.165, 1.54) is 0 Å². The summed E-state index contributed by atoms with van der Waals surface area (Å²) in [5.74, 6) is 0.0544. The topological polar surface area (TPSA) is 55.4 Å². The van der Waals surface area contributed by atoms with Gasteiger partial charge in [-0.1, -0.05) is 29.8 Å². The Kier molecular flexibility index (Phi) is 5.39. The van der Waals surface area contributed by atoms with Crippen molar-refractivity contribution in [2.75, 3.05) is 6.54 Å². The van der Waals surface area contributed by atoms with Crippen LogP contribution in [0.3, 0.4) is 0 Å². The molecule has 4 nitrogen and oxygen atoms in total. The highest BCUT2D eigenvalue weighted by Crippen LogP contribution is 2.22. The predicted octanol–water partition coefficient (Wildman–Crippen LogP) is 3.22. The molecule has 1 atom stereocenters. The summed E-state index contributed by atoms with van der Waals surface area (Å²) in [5, 5.41) is -0.163. The first kappa shape index (κ1) is 16.7. The lowest BCUT2D eigenvalue weighted by Crippen LogP contribution is -2.33. The van der Waals surface area contributed by atoms with Crippen molar-refractivity contribution in [2.24, 2.45) is 0 Å². The summed E-state index contributed by atoms with van der Waals surface area (Å²) in [6.45, 7) is 1.80. The average Bonchev–Trinajstić information content (AvgIpc) is 2.46. The zero-order valence-corrected chi connectivity index (χ0v) is 13.4. The van der Waals surface area contributed by atoms with E-state index in [-0.39, 0.29) is 22.6 Å². The molecule has 1 N–H and O–H groups in total. The van der Waals surface area contributed by atoms with Crippen LogP contribution in [0, 0.1) is 5.82 Å². The molecule has 0 aromatic heterocycles. The number of rotatable bonds is 6. The van der Waals surface area contributed by atoms with Crippen molar-refractivity contribution in [3.05, 3.63) is 59.4 Å². The van der Waals surface area contributed by atoms with Crippen LogP contribution in [0.1, 0.15) is 6.92 Å². The van der Waals surface area contributed by atoms with Gasteiger partial charge in [-0.2, -0.15) is 0 Å². The number of hydrogen-bond acceptors (Lipinski definition) is 3. The van der Waals surface area contributed by atoms with Gasteiger partial charge >= 0.3 is 0 Å². The molecule has 0 heterocycles. The summed E-state index contributed by atoms with van der Waals surface area (Å²) < 4.78 is 45.2. The van der Waals surface area contributed by atoms with Gasteiger partial charge in [0.15, 0.2) is 0 Å². The number of benzene rings is 2. The molecule has 0 saturated heterocycles. The smallest absolute Gasteiger partial charge is 0.242 e. The highest BCUT2D eigenvalue weighted by atomic mass is 35.5. The highest BCUT2D eigenvalue weighted by molar-refractivity contribution is 7.89. The van der Waals surface area contributed by atoms with E-state index in [0.717, 1.165) is 18.2 Å². The molecule has 0 aliphatic heterocycles. The standard InChI is InChI=1S/C15H15ClFNO3S/c1-11(21-13-5-3-2-4-6-13)10-18-22(19,20)15-8-7-12(17)9-14(15)16/h2-9,11,18H,10H2,1H3. The van der Waals surface area contributed by atoms with Gasteiger partial charge in [-0.3, -0.25) is 0 Å². The molecule has 1 unspecified atom stereocenters. The van der Waals surface area contributed by atoms with Gasteiger partial charge in [-0.15, -0.1) is 0 Å². The van der Waals surface area contributed by atoms with E-state index in [2.05, 4.69) is 4.72 Å². The minimum absolute atomic E-state index is 0.0604. The lowest BCUT2D eigenvalue weighted by Gasteiger charge is -2.16. The molecule has 0 amide bonds. The molecule has 2 aromatic rings. The van der Waals surface area contributed by atoms with Gasteiger partial charge in [-0.25, -0.2) is 17.5 Å². The molecule has 7 heteroatoms. The van der Waals surface area contributed by atoms with Crippen molar-refractivity contribution < 1.29 is 17.5 Å². The molecule has 2 rings (SSSR count). The third-order valence-electron chi connectivity index (χ3n) is 2.82. The molecule has 0 aliphatic carbocycles. The summed E-state index contributed by atoms with van der Waals surface area (Å²) >= 11 is 5.77. The summed E-state index contributed by atoms with van der Waals surface area (Å²) in [5.41, 5.74) is 0. The number of halogens is 2. The van der Waals surface area contributed by atoms with E-state index in [1.54, 1.807) is 19.1 Å². The normalized spacial score (nSPS) is 12.9. The minimum Gasteiger partial charge on any atom is -0.489 e. The fourth-order valence-corrected chi connectivity index (χ4v) is 3.42. The van der Waals surface area contributed by atoms with Crippen molar-refractivity contribution >= 4 is 21.6 Å². The van der Waals surface area contributed by atoms with E-state index in [4.69, 9.17) is 16.3 Å². The molecule has 0 fully saturated rings. The Morgan fingerprint density at radius 3 is 2.55 bits per heavy atom. The van der Waals surface area contributed by atoms with Crippen molar-refractivity contribution in [3.63, 3.8) is 0 Å². The van der Waals surface area contributed by atoms with Gasteiger partial charge in [0.2, 0.25) is 10.0 Å². The molecule has 2 aromatic carbocycles. The second-order valence-corrected chi connectivity index (χ2v) is 6.81. The van der Waals surface area contributed by atoms with Gasteiger partial charge in [0.05, 0.1) is 5.02 Å². The molecular weight excluding hydrogens is 329 g/mol. The highest BCUT2D eigenvalue weighted by Gasteiger charge is 2.19. The Hall–Kier alpha value is -1.63. The number of para-hydroxylation sites is 1. The number of nitrogens with one attached hydrogen (secondary N) is 1. The second-order valence-electron chi connectivity index (χ2n) is 4.67. The molecule has 0 radical (unpaired) electrons. The van der Waals surface area contributed by atoms with Crippen LogP contribution < -0.4 is 9.46 Å². The third kappa shape index (κ3) is 4.43. The number of hydrogen-bond donors (Lipinski definition) is 1. The van der Waals surface area contributed by atoms with Crippen molar-refractivity contribution in [2.45, 2.75) is 17.9 Å². The average molecular weight is 344 g/mol. The van der Waals surface area contributed by atoms with Crippen LogP contribution in [0.15, 0.2) is 53.4 Å². The zero-order chi connectivity index (χ0) is 16.2. The minimum atomic E-state index is -3.82. The molecule has 0 spiro atoms. The second kappa shape index (κ2) is 7.09. The van der Waals surface area contributed by atoms with Crippen molar-refractivity contribution in [3.8, 4) is 5.75 Å².